The number of hydrogen-bond donors (Lipinski definition) is 4. The first-order chi connectivity index (χ1) is 25.9. The standard InChI is InChI=1S/C39H41F4N3O8/c40-27-20-28(41)34(43)35(33(27)42)53-22-31(47)30(21-32(48)49)46-38(52)39(17-8-18-39)37(51)45-29(16-15-23-9-3-1-4-10-23)36(50)44-24-11-7-14-26(19-24)54-25-12-5-2-6-13-25/h2,5-7,11-14,19-20,23,29-30H,1,3-4,8-10,15-18,21-22H2,(H,44,50)(H,45,51)(H,46,52)(H,48,49). The van der Waals surface area contributed by atoms with Gasteiger partial charge in [0, 0.05) is 17.8 Å². The van der Waals surface area contributed by atoms with E-state index in [9.17, 15) is 46.6 Å². The molecule has 4 N–H and O–H groups in total. The molecule has 2 fully saturated rings. The second-order valence-electron chi connectivity index (χ2n) is 13.7. The molecule has 2 aliphatic carbocycles. The SMILES string of the molecule is O=C(O)CC(NC(=O)C1(C(=O)NC(CCC2CCCCC2)C(=O)Nc2cccc(Oc3ccccc3)c2)CCC1)C(=O)COc1c(F)c(F)cc(F)c1F. The van der Waals surface area contributed by atoms with Crippen molar-refractivity contribution >= 4 is 35.2 Å². The Labute approximate surface area is 308 Å². The average molecular weight is 756 g/mol. The van der Waals surface area contributed by atoms with Gasteiger partial charge in [0.05, 0.1) is 6.42 Å². The monoisotopic (exact) mass is 755 g/mol. The molecule has 3 amide bonds. The Hall–Kier alpha value is -5.47. The molecule has 5 rings (SSSR count). The maximum absolute atomic E-state index is 14.1. The quantitative estimate of drug-likeness (QED) is 0.0682. The van der Waals surface area contributed by atoms with Crippen LogP contribution in [0.1, 0.15) is 70.6 Å². The summed E-state index contributed by atoms with van der Waals surface area (Å²) < 4.78 is 66.0. The zero-order valence-electron chi connectivity index (χ0n) is 29.3. The van der Waals surface area contributed by atoms with Crippen molar-refractivity contribution in [1.82, 2.24) is 10.6 Å². The van der Waals surface area contributed by atoms with Crippen molar-refractivity contribution in [2.45, 2.75) is 82.7 Å². The van der Waals surface area contributed by atoms with E-state index in [1.807, 2.05) is 18.2 Å². The minimum absolute atomic E-state index is 0.0178. The third kappa shape index (κ3) is 9.94. The van der Waals surface area contributed by atoms with E-state index >= 15 is 0 Å². The minimum atomic E-state index is -1.92. The molecule has 0 aliphatic heterocycles. The maximum Gasteiger partial charge on any atom is 0.305 e. The summed E-state index contributed by atoms with van der Waals surface area (Å²) >= 11 is 0. The van der Waals surface area contributed by atoms with Crippen LogP contribution in [0.15, 0.2) is 60.7 Å². The van der Waals surface area contributed by atoms with Crippen LogP contribution in [0.3, 0.4) is 0 Å². The van der Waals surface area contributed by atoms with E-state index in [4.69, 9.17) is 9.47 Å². The lowest BCUT2D eigenvalue weighted by molar-refractivity contribution is -0.152. The summed E-state index contributed by atoms with van der Waals surface area (Å²) in [6.07, 6.45) is 5.61. The van der Waals surface area contributed by atoms with Crippen LogP contribution in [0.4, 0.5) is 23.2 Å². The maximum atomic E-state index is 14.1. The van der Waals surface area contributed by atoms with Crippen molar-refractivity contribution < 1.29 is 56.1 Å². The van der Waals surface area contributed by atoms with Crippen LogP contribution in [0, 0.1) is 34.6 Å². The number of benzene rings is 3. The van der Waals surface area contributed by atoms with Gasteiger partial charge in [0.1, 0.15) is 35.6 Å². The highest BCUT2D eigenvalue weighted by Crippen LogP contribution is 2.42. The fourth-order valence-corrected chi connectivity index (χ4v) is 6.66. The van der Waals surface area contributed by atoms with Gasteiger partial charge in [0.25, 0.3) is 0 Å². The summed E-state index contributed by atoms with van der Waals surface area (Å²) in [6, 6.07) is 12.8. The van der Waals surface area contributed by atoms with Crippen LogP contribution in [0.25, 0.3) is 0 Å². The first-order valence-electron chi connectivity index (χ1n) is 17.8. The van der Waals surface area contributed by atoms with E-state index in [0.717, 1.165) is 32.1 Å². The topological polar surface area (TPSA) is 160 Å². The molecule has 2 saturated carbocycles. The van der Waals surface area contributed by atoms with E-state index in [2.05, 4.69) is 16.0 Å². The zero-order chi connectivity index (χ0) is 38.8. The predicted molar refractivity (Wildman–Crippen MR) is 187 cm³/mol. The van der Waals surface area contributed by atoms with E-state index < -0.39 is 89.0 Å². The van der Waals surface area contributed by atoms with Crippen LogP contribution in [-0.2, 0) is 24.0 Å². The third-order valence-corrected chi connectivity index (χ3v) is 9.87. The van der Waals surface area contributed by atoms with Crippen LogP contribution < -0.4 is 25.4 Å². The molecule has 15 heteroatoms. The lowest BCUT2D eigenvalue weighted by atomic mass is 9.67. The summed E-state index contributed by atoms with van der Waals surface area (Å²) in [4.78, 5) is 66.0. The third-order valence-electron chi connectivity index (χ3n) is 9.87. The highest BCUT2D eigenvalue weighted by atomic mass is 19.2. The number of para-hydroxylation sites is 1. The number of nitrogens with one attached hydrogen (secondary N) is 3. The van der Waals surface area contributed by atoms with E-state index in [1.54, 1.807) is 36.4 Å². The number of hydrogen-bond acceptors (Lipinski definition) is 7. The Morgan fingerprint density at radius 1 is 0.778 bits per heavy atom. The summed E-state index contributed by atoms with van der Waals surface area (Å²) in [5.41, 5.74) is -1.37. The van der Waals surface area contributed by atoms with Crippen LogP contribution in [0.5, 0.6) is 17.2 Å². The number of amides is 3. The van der Waals surface area contributed by atoms with Crippen molar-refractivity contribution in [2.24, 2.45) is 11.3 Å². The molecular formula is C39H41F4N3O8. The lowest BCUT2D eigenvalue weighted by Crippen LogP contribution is -2.60. The second kappa shape index (κ2) is 18.0. The first-order valence-corrected chi connectivity index (χ1v) is 17.8. The number of carbonyl (C=O) groups is 5. The van der Waals surface area contributed by atoms with Gasteiger partial charge in [-0.3, -0.25) is 24.0 Å². The molecule has 3 aromatic rings. The first kappa shape index (κ1) is 39.7. The second-order valence-corrected chi connectivity index (χ2v) is 13.7. The van der Waals surface area contributed by atoms with Crippen molar-refractivity contribution in [2.75, 3.05) is 11.9 Å². The normalized spacial score (nSPS) is 16.2. The molecule has 0 saturated heterocycles. The highest BCUT2D eigenvalue weighted by molar-refractivity contribution is 6.09. The average Bonchev–Trinajstić information content (AvgIpc) is 3.12. The van der Waals surface area contributed by atoms with Crippen LogP contribution >= 0.6 is 0 Å². The molecular weight excluding hydrogens is 714 g/mol. The molecule has 54 heavy (non-hydrogen) atoms. The van der Waals surface area contributed by atoms with Crippen LogP contribution in [-0.4, -0.2) is 53.3 Å². The molecule has 2 atom stereocenters. The van der Waals surface area contributed by atoms with Gasteiger partial charge in [-0.25, -0.2) is 8.78 Å². The zero-order valence-corrected chi connectivity index (χ0v) is 29.3. The molecule has 288 valence electrons. The number of carboxylic acid groups (broad SMARTS) is 1. The fraction of sp³-hybridized carbons (Fsp3) is 0.410. The van der Waals surface area contributed by atoms with Crippen LogP contribution in [0.2, 0.25) is 0 Å². The van der Waals surface area contributed by atoms with E-state index in [-0.39, 0.29) is 25.3 Å². The highest BCUT2D eigenvalue weighted by Gasteiger charge is 2.52. The Morgan fingerprint density at radius 3 is 2.02 bits per heavy atom. The molecule has 2 unspecified atom stereocenters. The van der Waals surface area contributed by atoms with Crippen molar-refractivity contribution in [3.63, 3.8) is 0 Å². The largest absolute Gasteiger partial charge is 0.481 e. The number of carbonyl (C=O) groups excluding carboxylic acids is 4. The molecule has 0 aromatic heterocycles. The molecule has 11 nitrogen and oxygen atoms in total. The Balaban J connectivity index is 1.29. The van der Waals surface area contributed by atoms with Gasteiger partial charge >= 0.3 is 5.97 Å². The molecule has 0 heterocycles. The van der Waals surface area contributed by atoms with Gasteiger partial charge in [-0.15, -0.1) is 0 Å². The predicted octanol–water partition coefficient (Wildman–Crippen LogP) is 6.60. The smallest absolute Gasteiger partial charge is 0.305 e. The van der Waals surface area contributed by atoms with Gasteiger partial charge in [-0.1, -0.05) is 62.8 Å². The summed E-state index contributed by atoms with van der Waals surface area (Å²) in [5, 5.41) is 17.3. The van der Waals surface area contributed by atoms with Crippen molar-refractivity contribution in [1.29, 1.82) is 0 Å². The van der Waals surface area contributed by atoms with Gasteiger partial charge in [-0.2, -0.15) is 8.78 Å². The number of carboxylic acids is 1. The van der Waals surface area contributed by atoms with Crippen molar-refractivity contribution in [3.8, 4) is 17.2 Å². The number of anilines is 1. The van der Waals surface area contributed by atoms with Gasteiger partial charge < -0.3 is 30.5 Å². The fourth-order valence-electron chi connectivity index (χ4n) is 6.66. The molecule has 0 bridgehead atoms. The van der Waals surface area contributed by atoms with Gasteiger partial charge in [0.2, 0.25) is 29.4 Å². The molecule has 0 radical (unpaired) electrons. The number of ether oxygens (including phenoxy) is 2. The summed E-state index contributed by atoms with van der Waals surface area (Å²) in [6.45, 7) is -1.27. The lowest BCUT2D eigenvalue weighted by Gasteiger charge is -2.40. The summed E-state index contributed by atoms with van der Waals surface area (Å²) in [5.74, 6) is -12.6. The molecule has 2 aliphatic rings. The van der Waals surface area contributed by atoms with Gasteiger partial charge in [-0.05, 0) is 55.9 Å². The minimum Gasteiger partial charge on any atom is -0.481 e. The number of aliphatic carboxylic acids is 1. The Bertz CT molecular complexity index is 1820. The van der Waals surface area contributed by atoms with E-state index in [0.29, 0.717) is 35.9 Å². The molecule has 0 spiro atoms. The molecule has 3 aromatic carbocycles. The number of ketones is 1. The number of Topliss-reactive ketones (excluding diaryl/α,β-unsaturated/α-hetero) is 1. The number of halogens is 4. The summed E-state index contributed by atoms with van der Waals surface area (Å²) in [7, 11) is 0. The number of rotatable bonds is 17. The van der Waals surface area contributed by atoms with Crippen molar-refractivity contribution in [3.05, 3.63) is 83.9 Å². The Kier molecular flexibility index (Phi) is 13.3. The Morgan fingerprint density at radius 2 is 1.41 bits per heavy atom. The van der Waals surface area contributed by atoms with Gasteiger partial charge in [0.15, 0.2) is 23.2 Å². The van der Waals surface area contributed by atoms with E-state index in [1.165, 1.54) is 0 Å².